The Bertz CT molecular complexity index is 170. The van der Waals surface area contributed by atoms with E-state index in [-0.39, 0.29) is 0 Å². The fourth-order valence-electron chi connectivity index (χ4n) is 0.960. The van der Waals surface area contributed by atoms with Gasteiger partial charge in [0.25, 0.3) is 0 Å². The second-order valence-corrected chi connectivity index (χ2v) is 2.56. The van der Waals surface area contributed by atoms with Crippen LogP contribution in [0.3, 0.4) is 0 Å². The van der Waals surface area contributed by atoms with Gasteiger partial charge in [-0.05, 0) is 19.3 Å². The fraction of sp³-hybridized carbons (Fsp3) is 0.273. The molecule has 0 bridgehead atoms. The van der Waals surface area contributed by atoms with Gasteiger partial charge in [-0.15, -0.1) is 0 Å². The summed E-state index contributed by atoms with van der Waals surface area (Å²) < 4.78 is 0. The highest BCUT2D eigenvalue weighted by atomic mass is 13.9. The van der Waals surface area contributed by atoms with Crippen molar-refractivity contribution in [2.24, 2.45) is 0 Å². The van der Waals surface area contributed by atoms with E-state index < -0.39 is 0 Å². The maximum atomic E-state index is 2.21. The van der Waals surface area contributed by atoms with Gasteiger partial charge < -0.3 is 0 Å². The van der Waals surface area contributed by atoms with Crippen LogP contribution in [0.25, 0.3) is 0 Å². The average molecular weight is 146 g/mol. The Balaban J connectivity index is 2.47. The first kappa shape index (κ1) is 8.06. The fourth-order valence-corrected chi connectivity index (χ4v) is 0.960. The molecule has 0 spiro atoms. The molecular weight excluding hydrogens is 132 g/mol. The highest BCUT2D eigenvalue weighted by molar-refractivity contribution is 5.15. The summed E-state index contributed by atoms with van der Waals surface area (Å²) in [5, 5.41) is 0. The van der Waals surface area contributed by atoms with Crippen molar-refractivity contribution >= 4 is 0 Å². The van der Waals surface area contributed by atoms with Crippen molar-refractivity contribution in [3.63, 3.8) is 0 Å². The second-order valence-electron chi connectivity index (χ2n) is 2.56. The molecule has 0 amide bonds. The Kier molecular flexibility index (Phi) is 4.19. The Morgan fingerprint density at radius 3 is 1.55 bits per heavy atom. The van der Waals surface area contributed by atoms with Crippen molar-refractivity contribution in [1.82, 2.24) is 0 Å². The minimum atomic E-state index is 1.19. The van der Waals surface area contributed by atoms with Gasteiger partial charge in [-0.3, -0.25) is 0 Å². The molecule has 1 rings (SSSR count). The Morgan fingerprint density at radius 1 is 0.545 bits per heavy atom. The molecule has 1 aliphatic rings. The summed E-state index contributed by atoms with van der Waals surface area (Å²) in [5.74, 6) is 0. The van der Waals surface area contributed by atoms with E-state index in [0.717, 1.165) is 0 Å². The van der Waals surface area contributed by atoms with Crippen LogP contribution in [0.2, 0.25) is 0 Å². The Morgan fingerprint density at radius 2 is 1.00 bits per heavy atom. The zero-order valence-electron chi connectivity index (χ0n) is 6.74. The average Bonchev–Trinajstić information content (AvgIpc) is 2.08. The minimum Gasteiger partial charge on any atom is -0.0845 e. The van der Waals surface area contributed by atoms with Crippen LogP contribution < -0.4 is 0 Å². The molecule has 1 aliphatic carbocycles. The molecule has 0 saturated heterocycles. The first-order valence-electron chi connectivity index (χ1n) is 4.15. The molecule has 0 unspecified atom stereocenters. The summed E-state index contributed by atoms with van der Waals surface area (Å²) in [6.45, 7) is 0. The first-order chi connectivity index (χ1) is 5.50. The van der Waals surface area contributed by atoms with Crippen molar-refractivity contribution < 1.29 is 0 Å². The second kappa shape index (κ2) is 5.72. The SMILES string of the molecule is C1=C/C=C\CCC/C=C\C=C1. The van der Waals surface area contributed by atoms with Crippen LogP contribution in [0.1, 0.15) is 19.3 Å². The van der Waals surface area contributed by atoms with Gasteiger partial charge >= 0.3 is 0 Å². The molecule has 0 saturated carbocycles. The van der Waals surface area contributed by atoms with Gasteiger partial charge in [0, 0.05) is 0 Å². The van der Waals surface area contributed by atoms with E-state index in [1.54, 1.807) is 0 Å². The quantitative estimate of drug-likeness (QED) is 0.491. The first-order valence-corrected chi connectivity index (χ1v) is 4.15. The van der Waals surface area contributed by atoms with E-state index in [1.807, 2.05) is 12.2 Å². The van der Waals surface area contributed by atoms with E-state index in [2.05, 4.69) is 36.5 Å². The molecule has 0 atom stereocenters. The molecule has 58 valence electrons. The summed E-state index contributed by atoms with van der Waals surface area (Å²) in [6.07, 6.45) is 20.5. The zero-order valence-corrected chi connectivity index (χ0v) is 6.74. The predicted octanol–water partition coefficient (Wildman–Crippen LogP) is 3.40. The van der Waals surface area contributed by atoms with Crippen LogP contribution in [0.15, 0.2) is 48.6 Å². The summed E-state index contributed by atoms with van der Waals surface area (Å²) in [6, 6.07) is 0. The van der Waals surface area contributed by atoms with Crippen LogP contribution in [0.5, 0.6) is 0 Å². The van der Waals surface area contributed by atoms with Gasteiger partial charge in [0.15, 0.2) is 0 Å². The van der Waals surface area contributed by atoms with E-state index in [0.29, 0.717) is 0 Å². The van der Waals surface area contributed by atoms with E-state index >= 15 is 0 Å². The number of hydrogen-bond acceptors (Lipinski definition) is 0. The maximum Gasteiger partial charge on any atom is -0.0345 e. The Labute approximate surface area is 68.6 Å². The monoisotopic (exact) mass is 146 g/mol. The number of rotatable bonds is 0. The van der Waals surface area contributed by atoms with Gasteiger partial charge in [-0.2, -0.15) is 0 Å². The molecule has 0 heteroatoms. The standard InChI is InChI=1S/C11H14/c1-2-4-6-8-10-11-9-7-5-3-1/h1-8H,9-11H2/b3-1?,4-2?,7-5-,8-6-. The molecule has 0 aromatic carbocycles. The molecular formula is C11H14. The molecule has 0 nitrogen and oxygen atoms in total. The van der Waals surface area contributed by atoms with Gasteiger partial charge in [-0.1, -0.05) is 48.6 Å². The zero-order chi connectivity index (χ0) is 7.78. The lowest BCUT2D eigenvalue weighted by molar-refractivity contribution is 0.868. The van der Waals surface area contributed by atoms with E-state index in [1.165, 1.54) is 19.3 Å². The summed E-state index contributed by atoms with van der Waals surface area (Å²) in [7, 11) is 0. The van der Waals surface area contributed by atoms with Gasteiger partial charge in [0.1, 0.15) is 0 Å². The molecule has 0 aromatic rings. The molecule has 0 N–H and O–H groups in total. The molecule has 0 fully saturated rings. The van der Waals surface area contributed by atoms with Gasteiger partial charge in [0.2, 0.25) is 0 Å². The third-order valence-electron chi connectivity index (χ3n) is 1.57. The minimum absolute atomic E-state index is 1.19. The lowest BCUT2D eigenvalue weighted by Crippen LogP contribution is -1.67. The molecule has 0 radical (unpaired) electrons. The third kappa shape index (κ3) is 4.38. The molecule has 0 heterocycles. The molecule has 0 aliphatic heterocycles. The van der Waals surface area contributed by atoms with Crippen LogP contribution in [-0.2, 0) is 0 Å². The summed E-state index contributed by atoms with van der Waals surface area (Å²) >= 11 is 0. The van der Waals surface area contributed by atoms with Gasteiger partial charge in [-0.25, -0.2) is 0 Å². The van der Waals surface area contributed by atoms with Crippen molar-refractivity contribution in [3.8, 4) is 0 Å². The van der Waals surface area contributed by atoms with Crippen LogP contribution >= 0.6 is 0 Å². The van der Waals surface area contributed by atoms with Crippen molar-refractivity contribution in [2.45, 2.75) is 19.3 Å². The largest absolute Gasteiger partial charge is 0.0845 e. The lowest BCUT2D eigenvalue weighted by atomic mass is 10.2. The highest BCUT2D eigenvalue weighted by Gasteiger charge is 1.79. The summed E-state index contributed by atoms with van der Waals surface area (Å²) in [5.41, 5.74) is 0. The lowest BCUT2D eigenvalue weighted by Gasteiger charge is -1.87. The Hall–Kier alpha value is -1.04. The topological polar surface area (TPSA) is 0 Å². The maximum absolute atomic E-state index is 2.21. The normalized spacial score (nSPS) is 24.0. The highest BCUT2D eigenvalue weighted by Crippen LogP contribution is 1.99. The van der Waals surface area contributed by atoms with Crippen molar-refractivity contribution in [3.05, 3.63) is 48.6 Å². The summed E-state index contributed by atoms with van der Waals surface area (Å²) in [4.78, 5) is 0. The van der Waals surface area contributed by atoms with Gasteiger partial charge in [0.05, 0.1) is 0 Å². The van der Waals surface area contributed by atoms with E-state index in [4.69, 9.17) is 0 Å². The third-order valence-corrected chi connectivity index (χ3v) is 1.57. The molecule has 11 heavy (non-hydrogen) atoms. The van der Waals surface area contributed by atoms with E-state index in [9.17, 15) is 0 Å². The van der Waals surface area contributed by atoms with Crippen LogP contribution in [0, 0.1) is 0 Å². The number of allylic oxidation sites excluding steroid dienone is 8. The van der Waals surface area contributed by atoms with Crippen molar-refractivity contribution in [1.29, 1.82) is 0 Å². The number of hydrogen-bond donors (Lipinski definition) is 0. The predicted molar refractivity (Wildman–Crippen MR) is 50.4 cm³/mol. The molecule has 0 aromatic heterocycles. The van der Waals surface area contributed by atoms with Crippen LogP contribution in [0.4, 0.5) is 0 Å². The van der Waals surface area contributed by atoms with Crippen molar-refractivity contribution in [2.75, 3.05) is 0 Å². The smallest absolute Gasteiger partial charge is 0.0345 e. The van der Waals surface area contributed by atoms with Crippen LogP contribution in [-0.4, -0.2) is 0 Å².